The minimum Gasteiger partial charge on any atom is -0.513 e. The molecule has 1 aromatic rings. The Hall–Kier alpha value is -1.43. The van der Waals surface area contributed by atoms with Crippen molar-refractivity contribution < 1.29 is 18.3 Å². The molecular formula is C22H24Cl2F3NO. The van der Waals surface area contributed by atoms with Crippen molar-refractivity contribution in [1.29, 1.82) is 0 Å². The van der Waals surface area contributed by atoms with Gasteiger partial charge in [0.25, 0.3) is 0 Å². The molecule has 0 spiro atoms. The molecule has 158 valence electrons. The number of allylic oxidation sites excluding steroid dienone is 4. The second-order valence-corrected chi connectivity index (χ2v) is 8.68. The second kappa shape index (κ2) is 9.15. The molecule has 1 N–H and O–H groups in total. The summed E-state index contributed by atoms with van der Waals surface area (Å²) in [5, 5.41) is 10.6. The molecule has 0 saturated carbocycles. The summed E-state index contributed by atoms with van der Waals surface area (Å²) in [6, 6.07) is 5.59. The summed E-state index contributed by atoms with van der Waals surface area (Å²) in [5.74, 6) is 0.410. The number of aliphatic hydroxyl groups is 1. The van der Waals surface area contributed by atoms with Crippen molar-refractivity contribution in [2.45, 2.75) is 44.4 Å². The van der Waals surface area contributed by atoms with Crippen LogP contribution in [-0.4, -0.2) is 28.8 Å². The van der Waals surface area contributed by atoms with E-state index in [1.807, 2.05) is 12.1 Å². The van der Waals surface area contributed by atoms with Gasteiger partial charge in [0.05, 0.1) is 21.4 Å². The van der Waals surface area contributed by atoms with E-state index < -0.39 is 11.7 Å². The molecule has 1 fully saturated rings. The first kappa shape index (κ1) is 22.3. The smallest absolute Gasteiger partial charge is 0.416 e. The van der Waals surface area contributed by atoms with Crippen LogP contribution >= 0.6 is 23.2 Å². The van der Waals surface area contributed by atoms with Crippen LogP contribution in [0.1, 0.15) is 31.2 Å². The molecule has 1 heterocycles. The van der Waals surface area contributed by atoms with Crippen LogP contribution in [0.4, 0.5) is 13.2 Å². The van der Waals surface area contributed by atoms with E-state index in [1.165, 1.54) is 12.2 Å². The number of hydrogen-bond donors (Lipinski definition) is 1. The summed E-state index contributed by atoms with van der Waals surface area (Å²) in [4.78, 5) is 2.30. The third kappa shape index (κ3) is 5.80. The van der Waals surface area contributed by atoms with Gasteiger partial charge >= 0.3 is 6.18 Å². The molecule has 0 radical (unpaired) electrons. The molecular weight excluding hydrogens is 422 g/mol. The molecule has 29 heavy (non-hydrogen) atoms. The highest BCUT2D eigenvalue weighted by Crippen LogP contribution is 2.38. The number of benzene rings is 1. The largest absolute Gasteiger partial charge is 0.513 e. The van der Waals surface area contributed by atoms with E-state index in [0.717, 1.165) is 24.9 Å². The van der Waals surface area contributed by atoms with Gasteiger partial charge in [-0.25, -0.2) is 0 Å². The van der Waals surface area contributed by atoms with Crippen LogP contribution < -0.4 is 0 Å². The standard InChI is InChI=1S/C22H24Cl2F3NO/c1-14(29)10-15-8-9-28(13-16-2-7-19(23)20(24)11-16)21(12-15)17-3-5-18(6-4-17)22(25,26)27/h2-3,5-7,11,15,17,21,29H,1,4,8-10,12-13H2/t15-,17?,21-/m1/s1. The average Bonchev–Trinajstić information content (AvgIpc) is 2.65. The normalized spacial score (nSPS) is 25.7. The maximum Gasteiger partial charge on any atom is 0.416 e. The maximum absolute atomic E-state index is 13.0. The van der Waals surface area contributed by atoms with Gasteiger partial charge in [0.1, 0.15) is 0 Å². The van der Waals surface area contributed by atoms with Crippen molar-refractivity contribution in [2.24, 2.45) is 11.8 Å². The summed E-state index contributed by atoms with van der Waals surface area (Å²) in [6.07, 6.45) is 2.42. The number of piperidine rings is 1. The topological polar surface area (TPSA) is 23.5 Å². The lowest BCUT2D eigenvalue weighted by Crippen LogP contribution is -2.46. The van der Waals surface area contributed by atoms with Crippen LogP contribution in [0.3, 0.4) is 0 Å². The lowest BCUT2D eigenvalue weighted by Gasteiger charge is -2.43. The first-order chi connectivity index (χ1) is 13.6. The molecule has 2 nitrogen and oxygen atoms in total. The van der Waals surface area contributed by atoms with E-state index in [2.05, 4.69) is 11.5 Å². The number of rotatable bonds is 5. The van der Waals surface area contributed by atoms with Gasteiger partial charge in [-0.15, -0.1) is 0 Å². The molecule has 1 saturated heterocycles. The van der Waals surface area contributed by atoms with E-state index in [-0.39, 0.29) is 23.6 Å². The van der Waals surface area contributed by atoms with Gasteiger partial charge in [-0.3, -0.25) is 4.90 Å². The Morgan fingerprint density at radius 2 is 2.00 bits per heavy atom. The van der Waals surface area contributed by atoms with E-state index in [9.17, 15) is 18.3 Å². The highest BCUT2D eigenvalue weighted by molar-refractivity contribution is 6.42. The van der Waals surface area contributed by atoms with E-state index in [1.54, 1.807) is 12.1 Å². The predicted octanol–water partition coefficient (Wildman–Crippen LogP) is 7.10. The van der Waals surface area contributed by atoms with Crippen LogP contribution in [0.2, 0.25) is 10.0 Å². The number of nitrogens with zero attached hydrogens (tertiary/aromatic N) is 1. The first-order valence-electron chi connectivity index (χ1n) is 9.63. The molecule has 0 aromatic heterocycles. The van der Waals surface area contributed by atoms with Gasteiger partial charge in [0, 0.05) is 19.0 Å². The Kier molecular flexibility index (Phi) is 7.02. The Morgan fingerprint density at radius 1 is 1.24 bits per heavy atom. The Labute approximate surface area is 179 Å². The van der Waals surface area contributed by atoms with Crippen molar-refractivity contribution in [2.75, 3.05) is 6.54 Å². The zero-order valence-corrected chi connectivity index (χ0v) is 17.4. The average molecular weight is 446 g/mol. The van der Waals surface area contributed by atoms with Crippen molar-refractivity contribution in [3.05, 3.63) is 69.9 Å². The molecule has 2 aliphatic rings. The highest BCUT2D eigenvalue weighted by atomic mass is 35.5. The van der Waals surface area contributed by atoms with Gasteiger partial charge < -0.3 is 5.11 Å². The van der Waals surface area contributed by atoms with Crippen molar-refractivity contribution in [3.63, 3.8) is 0 Å². The number of alkyl halides is 3. The molecule has 1 aliphatic heterocycles. The third-order valence-electron chi connectivity index (χ3n) is 5.72. The van der Waals surface area contributed by atoms with Gasteiger partial charge in [0.2, 0.25) is 0 Å². The molecule has 0 amide bonds. The number of likely N-dealkylation sites (tertiary alicyclic amines) is 1. The number of aliphatic hydroxyl groups excluding tert-OH is 1. The molecule has 1 unspecified atom stereocenters. The lowest BCUT2D eigenvalue weighted by atomic mass is 9.79. The van der Waals surface area contributed by atoms with Crippen LogP contribution in [0.5, 0.6) is 0 Å². The van der Waals surface area contributed by atoms with Gasteiger partial charge in [-0.05, 0) is 55.3 Å². The number of hydrogen-bond acceptors (Lipinski definition) is 2. The van der Waals surface area contributed by atoms with Crippen LogP contribution in [0.25, 0.3) is 0 Å². The highest BCUT2D eigenvalue weighted by Gasteiger charge is 2.37. The maximum atomic E-state index is 13.0. The van der Waals surface area contributed by atoms with Gasteiger partial charge in [0.15, 0.2) is 0 Å². The molecule has 7 heteroatoms. The van der Waals surface area contributed by atoms with Crippen molar-refractivity contribution >= 4 is 23.2 Å². The van der Waals surface area contributed by atoms with Crippen LogP contribution in [0.15, 0.2) is 54.3 Å². The van der Waals surface area contributed by atoms with E-state index >= 15 is 0 Å². The summed E-state index contributed by atoms with van der Waals surface area (Å²) in [7, 11) is 0. The lowest BCUT2D eigenvalue weighted by molar-refractivity contribution is -0.0889. The molecule has 0 bridgehead atoms. The minimum atomic E-state index is -4.31. The number of halogens is 5. The van der Waals surface area contributed by atoms with Crippen LogP contribution in [-0.2, 0) is 6.54 Å². The van der Waals surface area contributed by atoms with Crippen LogP contribution in [0, 0.1) is 11.8 Å². The first-order valence-corrected chi connectivity index (χ1v) is 10.4. The predicted molar refractivity (Wildman–Crippen MR) is 111 cm³/mol. The monoisotopic (exact) mass is 445 g/mol. The summed E-state index contributed by atoms with van der Waals surface area (Å²) in [6.45, 7) is 5.04. The van der Waals surface area contributed by atoms with Gasteiger partial charge in [-0.2, -0.15) is 13.2 Å². The molecule has 3 rings (SSSR count). The Balaban J connectivity index is 1.77. The summed E-state index contributed by atoms with van der Waals surface area (Å²) < 4.78 is 38.9. The van der Waals surface area contributed by atoms with E-state index in [0.29, 0.717) is 29.4 Å². The second-order valence-electron chi connectivity index (χ2n) is 7.86. The quantitative estimate of drug-likeness (QED) is 0.488. The summed E-state index contributed by atoms with van der Waals surface area (Å²) in [5.41, 5.74) is 0.432. The Morgan fingerprint density at radius 3 is 2.59 bits per heavy atom. The summed E-state index contributed by atoms with van der Waals surface area (Å²) >= 11 is 12.1. The van der Waals surface area contributed by atoms with E-state index in [4.69, 9.17) is 23.2 Å². The molecule has 1 aliphatic carbocycles. The van der Waals surface area contributed by atoms with Gasteiger partial charge in [-0.1, -0.05) is 54.1 Å². The molecule has 1 aromatic carbocycles. The Bertz CT molecular complexity index is 819. The molecule has 3 atom stereocenters. The van der Waals surface area contributed by atoms with Crippen molar-refractivity contribution in [1.82, 2.24) is 4.90 Å². The fourth-order valence-corrected chi connectivity index (χ4v) is 4.61. The third-order valence-corrected chi connectivity index (χ3v) is 6.46. The fourth-order valence-electron chi connectivity index (χ4n) is 4.29. The zero-order valence-electron chi connectivity index (χ0n) is 15.9. The fraction of sp³-hybridized carbons (Fsp3) is 0.455. The van der Waals surface area contributed by atoms with Crippen molar-refractivity contribution in [3.8, 4) is 0 Å². The SMILES string of the molecule is C=C(O)C[C@H]1CCN(Cc2ccc(Cl)c(Cl)c2)[C@@H](C2C=CC(C(F)(F)F)=CC2)C1. The zero-order chi connectivity index (χ0) is 21.2. The minimum absolute atomic E-state index is 0.0152.